The lowest BCUT2D eigenvalue weighted by Crippen LogP contribution is -2.45. The zero-order chi connectivity index (χ0) is 13.0. The van der Waals surface area contributed by atoms with Crippen molar-refractivity contribution in [3.8, 4) is 5.75 Å². The average Bonchev–Trinajstić information content (AvgIpc) is 2.37. The number of nitrogens with one attached hydrogen (secondary N) is 2. The Morgan fingerprint density at radius 2 is 2.28 bits per heavy atom. The van der Waals surface area contributed by atoms with Gasteiger partial charge in [0.15, 0.2) is 12.7 Å². The van der Waals surface area contributed by atoms with Crippen molar-refractivity contribution in [1.29, 1.82) is 0 Å². The summed E-state index contributed by atoms with van der Waals surface area (Å²) in [5, 5.41) is 3.06. The fraction of sp³-hybridized carbons (Fsp3) is 0.273. The fourth-order valence-electron chi connectivity index (χ4n) is 1.50. The minimum Gasteiger partial charge on any atom is -0.476 e. The third kappa shape index (κ3) is 2.89. The normalized spacial score (nSPS) is 17.0. The Labute approximate surface area is 103 Å². The molecule has 1 aromatic rings. The Balaban J connectivity index is 1.88. The third-order valence-electron chi connectivity index (χ3n) is 2.31. The summed E-state index contributed by atoms with van der Waals surface area (Å²) in [6.07, 6.45) is -0.715. The van der Waals surface area contributed by atoms with Gasteiger partial charge in [-0.3, -0.25) is 14.4 Å². The Bertz CT molecular complexity index is 463. The van der Waals surface area contributed by atoms with E-state index in [4.69, 9.17) is 10.5 Å². The number of hydroxylamine groups is 1. The summed E-state index contributed by atoms with van der Waals surface area (Å²) < 4.78 is 5.48. The summed E-state index contributed by atoms with van der Waals surface area (Å²) in [7, 11) is 0. The molecule has 96 valence electrons. The molecule has 1 atom stereocenters. The van der Waals surface area contributed by atoms with Gasteiger partial charge in [0.05, 0.1) is 12.2 Å². The molecule has 1 aromatic carbocycles. The summed E-state index contributed by atoms with van der Waals surface area (Å²) in [4.78, 5) is 26.7. The van der Waals surface area contributed by atoms with Crippen LogP contribution in [-0.2, 0) is 14.4 Å². The van der Waals surface area contributed by atoms with E-state index in [-0.39, 0.29) is 6.61 Å². The molecule has 4 N–H and O–H groups in total. The molecule has 0 spiro atoms. The van der Waals surface area contributed by atoms with Gasteiger partial charge >= 0.3 is 0 Å². The average molecular weight is 251 g/mol. The predicted octanol–water partition coefficient (Wildman–Crippen LogP) is -0.607. The van der Waals surface area contributed by atoms with Crippen LogP contribution >= 0.6 is 0 Å². The summed E-state index contributed by atoms with van der Waals surface area (Å²) >= 11 is 0. The number of carbonyl (C=O) groups excluding carboxylic acids is 2. The molecule has 0 radical (unpaired) electrons. The van der Waals surface area contributed by atoms with Gasteiger partial charge in [0, 0.05) is 0 Å². The molecule has 7 nitrogen and oxygen atoms in total. The van der Waals surface area contributed by atoms with Crippen LogP contribution in [0.5, 0.6) is 5.75 Å². The second-order valence-electron chi connectivity index (χ2n) is 3.70. The first-order chi connectivity index (χ1) is 8.66. The van der Waals surface area contributed by atoms with Crippen molar-refractivity contribution in [2.24, 2.45) is 5.73 Å². The van der Waals surface area contributed by atoms with Crippen LogP contribution in [0.25, 0.3) is 0 Å². The van der Waals surface area contributed by atoms with Gasteiger partial charge in [0.25, 0.3) is 5.91 Å². The zero-order valence-corrected chi connectivity index (χ0v) is 9.51. The van der Waals surface area contributed by atoms with Gasteiger partial charge in [0.2, 0.25) is 5.91 Å². The van der Waals surface area contributed by atoms with E-state index in [1.54, 1.807) is 6.07 Å². The van der Waals surface area contributed by atoms with Crippen LogP contribution in [0.2, 0.25) is 0 Å². The van der Waals surface area contributed by atoms with Gasteiger partial charge in [0.1, 0.15) is 5.75 Å². The number of primary amides is 1. The van der Waals surface area contributed by atoms with E-state index in [0.29, 0.717) is 12.3 Å². The number of carbonyl (C=O) groups is 2. The Morgan fingerprint density at radius 3 is 3.06 bits per heavy atom. The second-order valence-corrected chi connectivity index (χ2v) is 3.70. The molecule has 0 saturated carbocycles. The highest BCUT2D eigenvalue weighted by Crippen LogP contribution is 2.27. The summed E-state index contributed by atoms with van der Waals surface area (Å²) in [6, 6.07) is 7.29. The van der Waals surface area contributed by atoms with E-state index in [2.05, 4.69) is 15.6 Å². The molecule has 0 bridgehead atoms. The number of rotatable bonds is 4. The van der Waals surface area contributed by atoms with E-state index < -0.39 is 17.9 Å². The predicted molar refractivity (Wildman–Crippen MR) is 62.6 cm³/mol. The first-order valence-electron chi connectivity index (χ1n) is 5.36. The number of nitrogens with two attached hydrogens (primary N) is 1. The molecule has 0 fully saturated rings. The Morgan fingerprint density at radius 1 is 1.50 bits per heavy atom. The third-order valence-corrected chi connectivity index (χ3v) is 2.31. The topological polar surface area (TPSA) is 103 Å². The SMILES string of the molecule is NC(=O)CONC(=O)C1CNc2ccccc2O1. The van der Waals surface area contributed by atoms with E-state index >= 15 is 0 Å². The molecule has 1 heterocycles. The molecule has 7 heteroatoms. The van der Waals surface area contributed by atoms with E-state index in [9.17, 15) is 9.59 Å². The number of hydrogen-bond donors (Lipinski definition) is 3. The van der Waals surface area contributed by atoms with Crippen LogP contribution < -0.4 is 21.3 Å². The molecule has 0 aromatic heterocycles. The van der Waals surface area contributed by atoms with Gasteiger partial charge in [-0.15, -0.1) is 0 Å². The minimum atomic E-state index is -0.715. The number of amides is 2. The van der Waals surface area contributed by atoms with Crippen LogP contribution in [0.1, 0.15) is 0 Å². The van der Waals surface area contributed by atoms with Crippen molar-refractivity contribution in [2.75, 3.05) is 18.5 Å². The largest absolute Gasteiger partial charge is 0.476 e. The Hall–Kier alpha value is -2.28. The minimum absolute atomic E-state index is 0.322. The monoisotopic (exact) mass is 251 g/mol. The number of para-hydroxylation sites is 2. The number of hydrogen-bond acceptors (Lipinski definition) is 5. The smallest absolute Gasteiger partial charge is 0.286 e. The highest BCUT2D eigenvalue weighted by atomic mass is 16.7. The van der Waals surface area contributed by atoms with Crippen molar-refractivity contribution in [1.82, 2.24) is 5.48 Å². The highest BCUT2D eigenvalue weighted by molar-refractivity contribution is 5.82. The molecule has 1 aliphatic heterocycles. The van der Waals surface area contributed by atoms with Crippen molar-refractivity contribution in [3.05, 3.63) is 24.3 Å². The van der Waals surface area contributed by atoms with Gasteiger partial charge in [-0.1, -0.05) is 12.1 Å². The first-order valence-corrected chi connectivity index (χ1v) is 5.36. The lowest BCUT2D eigenvalue weighted by molar-refractivity contribution is -0.143. The molecular weight excluding hydrogens is 238 g/mol. The number of anilines is 1. The maximum atomic E-state index is 11.6. The number of ether oxygens (including phenoxy) is 1. The molecule has 1 unspecified atom stereocenters. The van der Waals surface area contributed by atoms with Crippen molar-refractivity contribution in [3.63, 3.8) is 0 Å². The summed E-state index contributed by atoms with van der Waals surface area (Å²) in [5.74, 6) is -0.541. The van der Waals surface area contributed by atoms with E-state index in [1.807, 2.05) is 18.2 Å². The van der Waals surface area contributed by atoms with Crippen LogP contribution in [0.3, 0.4) is 0 Å². The maximum absolute atomic E-state index is 11.6. The standard InChI is InChI=1S/C11H13N3O4/c12-10(15)6-17-14-11(16)9-5-13-7-3-1-2-4-8(7)18-9/h1-4,9,13H,5-6H2,(H2,12,15)(H,14,16). The van der Waals surface area contributed by atoms with Gasteiger partial charge in [-0.05, 0) is 12.1 Å². The Kier molecular flexibility index (Phi) is 3.63. The molecule has 0 aliphatic carbocycles. The van der Waals surface area contributed by atoms with Crippen LogP contribution in [0.15, 0.2) is 24.3 Å². The summed E-state index contributed by atoms with van der Waals surface area (Å²) in [6.45, 7) is -0.0503. The van der Waals surface area contributed by atoms with Crippen molar-refractivity contribution >= 4 is 17.5 Å². The van der Waals surface area contributed by atoms with E-state index in [1.165, 1.54) is 0 Å². The van der Waals surface area contributed by atoms with Crippen molar-refractivity contribution < 1.29 is 19.2 Å². The van der Waals surface area contributed by atoms with Crippen LogP contribution in [-0.4, -0.2) is 31.1 Å². The maximum Gasteiger partial charge on any atom is 0.286 e. The first kappa shape index (κ1) is 12.2. The molecule has 0 saturated heterocycles. The number of benzene rings is 1. The quantitative estimate of drug-likeness (QED) is 0.620. The van der Waals surface area contributed by atoms with Crippen LogP contribution in [0, 0.1) is 0 Å². The molecule has 2 rings (SSSR count). The summed E-state index contributed by atoms with van der Waals surface area (Å²) in [5.41, 5.74) is 7.80. The van der Waals surface area contributed by atoms with Gasteiger partial charge in [-0.2, -0.15) is 0 Å². The molecule has 2 amide bonds. The van der Waals surface area contributed by atoms with E-state index in [0.717, 1.165) is 5.69 Å². The molecule has 18 heavy (non-hydrogen) atoms. The van der Waals surface area contributed by atoms with Crippen molar-refractivity contribution in [2.45, 2.75) is 6.10 Å². The van der Waals surface area contributed by atoms with Gasteiger partial charge in [-0.25, -0.2) is 5.48 Å². The number of fused-ring (bicyclic) bond motifs is 1. The second kappa shape index (κ2) is 5.37. The van der Waals surface area contributed by atoms with Crippen LogP contribution in [0.4, 0.5) is 5.69 Å². The fourth-order valence-corrected chi connectivity index (χ4v) is 1.50. The van der Waals surface area contributed by atoms with Gasteiger partial charge < -0.3 is 15.8 Å². The lowest BCUT2D eigenvalue weighted by atomic mass is 10.2. The lowest BCUT2D eigenvalue weighted by Gasteiger charge is -2.26. The highest BCUT2D eigenvalue weighted by Gasteiger charge is 2.25. The molecule has 1 aliphatic rings. The molecular formula is C11H13N3O4. The zero-order valence-electron chi connectivity index (χ0n) is 9.51.